The van der Waals surface area contributed by atoms with Crippen LogP contribution in [0, 0.1) is 0 Å². The lowest BCUT2D eigenvalue weighted by atomic mass is 10.2. The van der Waals surface area contributed by atoms with E-state index in [0.29, 0.717) is 6.54 Å². The maximum absolute atomic E-state index is 11.5. The molecule has 0 aliphatic heterocycles. The minimum absolute atomic E-state index is 0.0471. The minimum Gasteiger partial charge on any atom is -0.352 e. The van der Waals surface area contributed by atoms with Gasteiger partial charge >= 0.3 is 0 Å². The molecule has 3 heteroatoms. The fraction of sp³-hybridized carbons (Fsp3) is 0.133. The zero-order valence-electron chi connectivity index (χ0n) is 10.0. The van der Waals surface area contributed by atoms with E-state index < -0.39 is 0 Å². The van der Waals surface area contributed by atoms with Crippen LogP contribution < -0.4 is 5.32 Å². The summed E-state index contributed by atoms with van der Waals surface area (Å²) in [5.74, 6) is -0.0471. The standard InChI is InChI=1S/C15H15NOS/c17-15(7-6-13-4-2-1-3-5-13)16-10-8-14-9-11-18-12-14/h1-7,9,11-12H,8,10H2,(H,16,17)/b7-6+. The first-order chi connectivity index (χ1) is 8.84. The summed E-state index contributed by atoms with van der Waals surface area (Å²) in [4.78, 5) is 11.5. The molecule has 0 unspecified atom stereocenters. The maximum atomic E-state index is 11.5. The van der Waals surface area contributed by atoms with E-state index in [2.05, 4.69) is 16.8 Å². The molecule has 0 radical (unpaired) electrons. The molecule has 2 aromatic rings. The molecule has 1 amide bonds. The van der Waals surface area contributed by atoms with Gasteiger partial charge in [0.05, 0.1) is 0 Å². The number of amides is 1. The van der Waals surface area contributed by atoms with Crippen LogP contribution in [-0.2, 0) is 11.2 Å². The molecule has 1 aromatic heterocycles. The highest BCUT2D eigenvalue weighted by atomic mass is 32.1. The Morgan fingerprint density at radius 3 is 2.78 bits per heavy atom. The van der Waals surface area contributed by atoms with Crippen molar-refractivity contribution in [2.45, 2.75) is 6.42 Å². The molecule has 18 heavy (non-hydrogen) atoms. The van der Waals surface area contributed by atoms with E-state index in [-0.39, 0.29) is 5.91 Å². The van der Waals surface area contributed by atoms with Crippen LogP contribution in [0.3, 0.4) is 0 Å². The zero-order valence-corrected chi connectivity index (χ0v) is 10.8. The highest BCUT2D eigenvalue weighted by Crippen LogP contribution is 2.05. The van der Waals surface area contributed by atoms with Crippen molar-refractivity contribution in [1.29, 1.82) is 0 Å². The maximum Gasteiger partial charge on any atom is 0.244 e. The van der Waals surface area contributed by atoms with E-state index in [4.69, 9.17) is 0 Å². The molecule has 1 heterocycles. The van der Waals surface area contributed by atoms with Gasteiger partial charge in [-0.1, -0.05) is 30.3 Å². The average Bonchev–Trinajstić information content (AvgIpc) is 2.91. The van der Waals surface area contributed by atoms with Crippen molar-refractivity contribution >= 4 is 23.3 Å². The van der Waals surface area contributed by atoms with Crippen LogP contribution in [-0.4, -0.2) is 12.5 Å². The van der Waals surface area contributed by atoms with Crippen LogP contribution in [0.1, 0.15) is 11.1 Å². The number of nitrogens with one attached hydrogen (secondary N) is 1. The summed E-state index contributed by atoms with van der Waals surface area (Å²) in [6, 6.07) is 11.9. The Bertz CT molecular complexity index is 503. The normalized spacial score (nSPS) is 10.7. The average molecular weight is 257 g/mol. The van der Waals surface area contributed by atoms with Crippen LogP contribution in [0.5, 0.6) is 0 Å². The quantitative estimate of drug-likeness (QED) is 0.819. The molecule has 2 rings (SSSR count). The summed E-state index contributed by atoms with van der Waals surface area (Å²) < 4.78 is 0. The summed E-state index contributed by atoms with van der Waals surface area (Å²) >= 11 is 1.68. The number of hydrogen-bond acceptors (Lipinski definition) is 2. The number of rotatable bonds is 5. The molecule has 0 fully saturated rings. The number of thiophene rings is 1. The van der Waals surface area contributed by atoms with E-state index in [9.17, 15) is 4.79 Å². The summed E-state index contributed by atoms with van der Waals surface area (Å²) in [6.45, 7) is 0.675. The molecule has 92 valence electrons. The van der Waals surface area contributed by atoms with Crippen molar-refractivity contribution in [2.75, 3.05) is 6.54 Å². The lowest BCUT2D eigenvalue weighted by Gasteiger charge is -2.00. The van der Waals surface area contributed by atoms with Gasteiger partial charge in [-0.2, -0.15) is 11.3 Å². The van der Waals surface area contributed by atoms with Crippen LogP contribution in [0.2, 0.25) is 0 Å². The monoisotopic (exact) mass is 257 g/mol. The summed E-state index contributed by atoms with van der Waals surface area (Å²) in [7, 11) is 0. The van der Waals surface area contributed by atoms with Gasteiger partial charge in [0.15, 0.2) is 0 Å². The summed E-state index contributed by atoms with van der Waals surface area (Å²) in [5.41, 5.74) is 2.30. The third kappa shape index (κ3) is 4.18. The second-order valence-corrected chi connectivity index (χ2v) is 4.70. The first-order valence-electron chi connectivity index (χ1n) is 5.86. The van der Waals surface area contributed by atoms with Gasteiger partial charge in [0.2, 0.25) is 5.91 Å². The number of carbonyl (C=O) groups excluding carboxylic acids is 1. The van der Waals surface area contributed by atoms with Crippen molar-refractivity contribution in [1.82, 2.24) is 5.32 Å². The Balaban J connectivity index is 1.74. The van der Waals surface area contributed by atoms with Gasteiger partial charge in [-0.05, 0) is 40.5 Å². The smallest absolute Gasteiger partial charge is 0.244 e. The highest BCUT2D eigenvalue weighted by molar-refractivity contribution is 7.07. The van der Waals surface area contributed by atoms with Crippen molar-refractivity contribution in [3.63, 3.8) is 0 Å². The Labute approximate surface area is 111 Å². The van der Waals surface area contributed by atoms with Crippen molar-refractivity contribution in [3.8, 4) is 0 Å². The summed E-state index contributed by atoms with van der Waals surface area (Å²) in [5, 5.41) is 7.02. The molecule has 0 aliphatic carbocycles. The molecule has 0 saturated heterocycles. The van der Waals surface area contributed by atoms with Gasteiger partial charge in [-0.3, -0.25) is 4.79 Å². The van der Waals surface area contributed by atoms with E-state index in [0.717, 1.165) is 12.0 Å². The van der Waals surface area contributed by atoms with Crippen molar-refractivity contribution in [2.24, 2.45) is 0 Å². The van der Waals surface area contributed by atoms with E-state index in [1.807, 2.05) is 41.8 Å². The van der Waals surface area contributed by atoms with Crippen LogP contribution in [0.25, 0.3) is 6.08 Å². The van der Waals surface area contributed by atoms with E-state index in [1.54, 1.807) is 17.4 Å². The molecular formula is C15H15NOS. The van der Waals surface area contributed by atoms with Crippen LogP contribution >= 0.6 is 11.3 Å². The van der Waals surface area contributed by atoms with E-state index >= 15 is 0 Å². The Kier molecular flexibility index (Phi) is 4.73. The van der Waals surface area contributed by atoms with Crippen LogP contribution in [0.4, 0.5) is 0 Å². The molecule has 0 aliphatic rings. The van der Waals surface area contributed by atoms with Gasteiger partial charge in [0.25, 0.3) is 0 Å². The molecule has 0 atom stereocenters. The van der Waals surface area contributed by atoms with Gasteiger partial charge < -0.3 is 5.32 Å². The van der Waals surface area contributed by atoms with Crippen molar-refractivity contribution in [3.05, 3.63) is 64.4 Å². The Hall–Kier alpha value is -1.87. The summed E-state index contributed by atoms with van der Waals surface area (Å²) in [6.07, 6.45) is 4.28. The number of hydrogen-bond donors (Lipinski definition) is 1. The number of benzene rings is 1. The van der Waals surface area contributed by atoms with Crippen molar-refractivity contribution < 1.29 is 4.79 Å². The lowest BCUT2D eigenvalue weighted by Crippen LogP contribution is -2.23. The topological polar surface area (TPSA) is 29.1 Å². The first kappa shape index (κ1) is 12.6. The molecule has 1 aromatic carbocycles. The minimum atomic E-state index is -0.0471. The van der Waals surface area contributed by atoms with Gasteiger partial charge in [-0.15, -0.1) is 0 Å². The van der Waals surface area contributed by atoms with Gasteiger partial charge in [0, 0.05) is 12.6 Å². The Morgan fingerprint density at radius 2 is 2.06 bits per heavy atom. The predicted molar refractivity (Wildman–Crippen MR) is 76.5 cm³/mol. The second kappa shape index (κ2) is 6.77. The fourth-order valence-electron chi connectivity index (χ4n) is 1.56. The largest absolute Gasteiger partial charge is 0.352 e. The second-order valence-electron chi connectivity index (χ2n) is 3.92. The molecular weight excluding hydrogens is 242 g/mol. The third-order valence-electron chi connectivity index (χ3n) is 2.52. The zero-order chi connectivity index (χ0) is 12.6. The van der Waals surface area contributed by atoms with Crippen LogP contribution in [0.15, 0.2) is 53.2 Å². The van der Waals surface area contributed by atoms with Gasteiger partial charge in [-0.25, -0.2) is 0 Å². The SMILES string of the molecule is O=C(/C=C/c1ccccc1)NCCc1ccsc1. The molecule has 0 bridgehead atoms. The predicted octanol–water partition coefficient (Wildman–Crippen LogP) is 3.12. The van der Waals surface area contributed by atoms with E-state index in [1.165, 1.54) is 5.56 Å². The molecule has 0 saturated carbocycles. The Morgan fingerprint density at radius 1 is 1.22 bits per heavy atom. The lowest BCUT2D eigenvalue weighted by molar-refractivity contribution is -0.116. The van der Waals surface area contributed by atoms with Gasteiger partial charge in [0.1, 0.15) is 0 Å². The first-order valence-corrected chi connectivity index (χ1v) is 6.81. The molecule has 2 nitrogen and oxygen atoms in total. The molecule has 1 N–H and O–H groups in total. The fourth-order valence-corrected chi connectivity index (χ4v) is 2.26. The third-order valence-corrected chi connectivity index (χ3v) is 3.25. The number of carbonyl (C=O) groups is 1. The highest BCUT2D eigenvalue weighted by Gasteiger charge is 1.96. The molecule has 0 spiro atoms.